The van der Waals surface area contributed by atoms with Gasteiger partial charge in [-0.1, -0.05) is 0 Å². The maximum atomic E-state index is 11.9. The Labute approximate surface area is 95.2 Å². The molecule has 1 aromatic carbocycles. The number of halogens is 2. The molecule has 0 aliphatic heterocycles. The van der Waals surface area contributed by atoms with E-state index in [1.807, 2.05) is 0 Å². The number of ketones is 1. The van der Waals surface area contributed by atoms with Gasteiger partial charge in [-0.2, -0.15) is 0 Å². The minimum Gasteiger partial charge on any atom is -0.487 e. The van der Waals surface area contributed by atoms with Crippen LogP contribution in [0.4, 0.5) is 14.5 Å². The van der Waals surface area contributed by atoms with Crippen LogP contribution in [0.5, 0.6) is 5.75 Å². The summed E-state index contributed by atoms with van der Waals surface area (Å²) in [6.45, 7) is 0.312. The number of non-ortho nitro benzene ring substituents is 1. The number of alkyl halides is 2. The van der Waals surface area contributed by atoms with E-state index in [-0.39, 0.29) is 17.0 Å². The Morgan fingerprint density at radius 1 is 1.53 bits per heavy atom. The van der Waals surface area contributed by atoms with E-state index >= 15 is 0 Å². The van der Waals surface area contributed by atoms with Crippen LogP contribution in [0.1, 0.15) is 17.3 Å². The second-order valence-electron chi connectivity index (χ2n) is 3.20. The lowest BCUT2D eigenvalue weighted by atomic mass is 10.1. The number of nitro benzene ring substituents is 1. The van der Waals surface area contributed by atoms with Gasteiger partial charge in [0.1, 0.15) is 12.4 Å². The fourth-order valence-corrected chi connectivity index (χ4v) is 1.19. The summed E-state index contributed by atoms with van der Waals surface area (Å²) < 4.78 is 28.6. The summed E-state index contributed by atoms with van der Waals surface area (Å²) in [5, 5.41) is 10.5. The molecular weight excluding hydrogens is 236 g/mol. The van der Waals surface area contributed by atoms with Crippen LogP contribution < -0.4 is 4.74 Å². The highest BCUT2D eigenvalue weighted by Gasteiger charge is 2.16. The first-order valence-electron chi connectivity index (χ1n) is 4.62. The van der Waals surface area contributed by atoms with Gasteiger partial charge in [-0.15, -0.1) is 0 Å². The summed E-state index contributed by atoms with van der Waals surface area (Å²) in [5.41, 5.74) is -0.376. The van der Waals surface area contributed by atoms with Gasteiger partial charge < -0.3 is 4.74 Å². The molecule has 0 radical (unpaired) electrons. The van der Waals surface area contributed by atoms with E-state index in [2.05, 4.69) is 0 Å². The van der Waals surface area contributed by atoms with Gasteiger partial charge in [-0.05, 0) is 13.0 Å². The molecule has 5 nitrogen and oxygen atoms in total. The van der Waals surface area contributed by atoms with E-state index < -0.39 is 23.7 Å². The highest BCUT2D eigenvalue weighted by atomic mass is 19.3. The van der Waals surface area contributed by atoms with Crippen molar-refractivity contribution < 1.29 is 23.2 Å². The summed E-state index contributed by atoms with van der Waals surface area (Å²) in [5.74, 6) is -0.568. The predicted molar refractivity (Wildman–Crippen MR) is 54.6 cm³/mol. The number of benzene rings is 1. The van der Waals surface area contributed by atoms with Crippen LogP contribution in [0, 0.1) is 10.1 Å². The minimum atomic E-state index is -2.68. The van der Waals surface area contributed by atoms with Crippen molar-refractivity contribution in [2.45, 2.75) is 13.3 Å². The van der Waals surface area contributed by atoms with Crippen LogP contribution in [0.25, 0.3) is 0 Å². The topological polar surface area (TPSA) is 69.4 Å². The molecule has 0 spiro atoms. The third-order valence-corrected chi connectivity index (χ3v) is 1.92. The highest BCUT2D eigenvalue weighted by Crippen LogP contribution is 2.25. The lowest BCUT2D eigenvalue weighted by Gasteiger charge is -2.08. The monoisotopic (exact) mass is 245 g/mol. The van der Waals surface area contributed by atoms with E-state index in [1.165, 1.54) is 6.92 Å². The molecule has 1 rings (SSSR count). The van der Waals surface area contributed by atoms with Crippen LogP contribution in [-0.2, 0) is 0 Å². The molecule has 0 N–H and O–H groups in total. The van der Waals surface area contributed by atoms with Crippen molar-refractivity contribution in [3.8, 4) is 5.75 Å². The molecule has 17 heavy (non-hydrogen) atoms. The zero-order valence-electron chi connectivity index (χ0n) is 8.85. The van der Waals surface area contributed by atoms with E-state index in [1.54, 1.807) is 0 Å². The lowest BCUT2D eigenvalue weighted by Crippen LogP contribution is -2.09. The van der Waals surface area contributed by atoms with Crippen LogP contribution in [-0.4, -0.2) is 23.7 Å². The Morgan fingerprint density at radius 2 is 2.18 bits per heavy atom. The molecule has 0 saturated heterocycles. The van der Waals surface area contributed by atoms with Crippen molar-refractivity contribution in [1.29, 1.82) is 0 Å². The van der Waals surface area contributed by atoms with Gasteiger partial charge >= 0.3 is 0 Å². The number of ether oxygens (including phenoxy) is 1. The van der Waals surface area contributed by atoms with Gasteiger partial charge in [0.15, 0.2) is 5.78 Å². The maximum absolute atomic E-state index is 11.9. The van der Waals surface area contributed by atoms with Gasteiger partial charge in [0.25, 0.3) is 12.1 Å². The number of hydrogen-bond donors (Lipinski definition) is 0. The summed E-state index contributed by atoms with van der Waals surface area (Å²) >= 11 is 0. The molecule has 0 bridgehead atoms. The average molecular weight is 245 g/mol. The van der Waals surface area contributed by atoms with Crippen LogP contribution in [0.15, 0.2) is 18.2 Å². The Hall–Kier alpha value is -2.05. The largest absolute Gasteiger partial charge is 0.487 e. The molecule has 0 aromatic heterocycles. The molecule has 0 fully saturated rings. The fraction of sp³-hybridized carbons (Fsp3) is 0.300. The first kappa shape index (κ1) is 13.0. The third kappa shape index (κ3) is 3.47. The molecule has 7 heteroatoms. The molecule has 0 unspecified atom stereocenters. The Morgan fingerprint density at radius 3 is 2.65 bits per heavy atom. The van der Waals surface area contributed by atoms with E-state index in [4.69, 9.17) is 4.74 Å². The Bertz CT molecular complexity index is 448. The quantitative estimate of drug-likeness (QED) is 0.454. The first-order valence-corrected chi connectivity index (χ1v) is 4.62. The highest BCUT2D eigenvalue weighted by molar-refractivity contribution is 5.97. The van der Waals surface area contributed by atoms with Crippen molar-refractivity contribution in [2.75, 3.05) is 6.61 Å². The zero-order valence-corrected chi connectivity index (χ0v) is 8.85. The number of carbonyl (C=O) groups excluding carboxylic acids is 1. The van der Waals surface area contributed by atoms with Gasteiger partial charge in [0.05, 0.1) is 10.5 Å². The standard InChI is InChI=1S/C10H9F2NO4/c1-6(14)8-4-7(13(15)16)2-3-9(8)17-5-10(11)12/h2-4,10H,5H2,1H3. The molecule has 1 aromatic rings. The predicted octanol–water partition coefficient (Wildman–Crippen LogP) is 2.44. The zero-order chi connectivity index (χ0) is 13.0. The van der Waals surface area contributed by atoms with Crippen molar-refractivity contribution in [3.05, 3.63) is 33.9 Å². The van der Waals surface area contributed by atoms with Gasteiger partial charge in [-0.25, -0.2) is 8.78 Å². The van der Waals surface area contributed by atoms with Crippen LogP contribution in [0.2, 0.25) is 0 Å². The van der Waals surface area contributed by atoms with Gasteiger partial charge in [0.2, 0.25) is 0 Å². The van der Waals surface area contributed by atoms with E-state index in [0.717, 1.165) is 18.2 Å². The summed E-state index contributed by atoms with van der Waals surface area (Å²) in [6, 6.07) is 3.23. The Kier molecular flexibility index (Phi) is 4.08. The number of Topliss-reactive ketones (excluding diaryl/α,β-unsaturated/α-hetero) is 1. The van der Waals surface area contributed by atoms with Crippen LogP contribution >= 0.6 is 0 Å². The van der Waals surface area contributed by atoms with E-state index in [9.17, 15) is 23.7 Å². The number of rotatable bonds is 5. The number of carbonyl (C=O) groups is 1. The van der Waals surface area contributed by atoms with Gasteiger partial charge in [0, 0.05) is 12.1 Å². The molecule has 0 atom stereocenters. The lowest BCUT2D eigenvalue weighted by molar-refractivity contribution is -0.384. The van der Waals surface area contributed by atoms with Crippen molar-refractivity contribution >= 4 is 11.5 Å². The second-order valence-corrected chi connectivity index (χ2v) is 3.20. The molecule has 0 saturated carbocycles. The van der Waals surface area contributed by atoms with Crippen LogP contribution in [0.3, 0.4) is 0 Å². The molecular formula is C10H9F2NO4. The number of nitrogens with zero attached hydrogens (tertiary/aromatic N) is 1. The van der Waals surface area contributed by atoms with Gasteiger partial charge in [-0.3, -0.25) is 14.9 Å². The summed E-state index contributed by atoms with van der Waals surface area (Å²) in [4.78, 5) is 21.0. The molecule has 0 aliphatic carbocycles. The van der Waals surface area contributed by atoms with Crippen molar-refractivity contribution in [1.82, 2.24) is 0 Å². The SMILES string of the molecule is CC(=O)c1cc([N+](=O)[O-])ccc1OCC(F)F. The molecule has 92 valence electrons. The number of nitro groups is 1. The summed E-state index contributed by atoms with van der Waals surface area (Å²) in [7, 11) is 0. The van der Waals surface area contributed by atoms with Crippen molar-refractivity contribution in [3.63, 3.8) is 0 Å². The number of hydrogen-bond acceptors (Lipinski definition) is 4. The molecule has 0 aliphatic rings. The molecule has 0 heterocycles. The van der Waals surface area contributed by atoms with E-state index in [0.29, 0.717) is 0 Å². The summed E-state index contributed by atoms with van der Waals surface area (Å²) in [6.07, 6.45) is -2.68. The molecule has 0 amide bonds. The fourth-order valence-electron chi connectivity index (χ4n) is 1.19. The maximum Gasteiger partial charge on any atom is 0.272 e. The second kappa shape index (κ2) is 5.33. The average Bonchev–Trinajstić information content (AvgIpc) is 2.25. The Balaban J connectivity index is 3.04. The smallest absolute Gasteiger partial charge is 0.272 e. The minimum absolute atomic E-state index is 0.0802. The third-order valence-electron chi connectivity index (χ3n) is 1.92. The van der Waals surface area contributed by atoms with Crippen molar-refractivity contribution in [2.24, 2.45) is 0 Å². The first-order chi connectivity index (χ1) is 7.91. The normalized spacial score (nSPS) is 10.4.